The van der Waals surface area contributed by atoms with E-state index in [4.69, 9.17) is 40.5 Å². The number of nitrogens with two attached hydrogens (primary N) is 1. The molecule has 1 rings (SSSR count). The van der Waals surface area contributed by atoms with Crippen molar-refractivity contribution < 1.29 is 14.6 Å². The summed E-state index contributed by atoms with van der Waals surface area (Å²) in [5.41, 5.74) is 5.12. The topological polar surface area (TPSA) is 72.6 Å². The van der Waals surface area contributed by atoms with Gasteiger partial charge in [0.05, 0.1) is 0 Å². The molecule has 1 aromatic rings. The number of alkyl halides is 2. The van der Waals surface area contributed by atoms with Crippen LogP contribution in [0.15, 0.2) is 24.3 Å². The van der Waals surface area contributed by atoms with Crippen molar-refractivity contribution in [3.8, 4) is 0 Å². The lowest BCUT2D eigenvalue weighted by molar-refractivity contribution is 0.102. The second-order valence-corrected chi connectivity index (χ2v) is 5.24. The summed E-state index contributed by atoms with van der Waals surface area (Å²) in [6.45, 7) is -0.447. The van der Waals surface area contributed by atoms with Gasteiger partial charge in [-0.3, -0.25) is 0 Å². The highest BCUT2D eigenvalue weighted by Gasteiger charge is 2.37. The normalized spacial score (nSPS) is 13.2. The smallest absolute Gasteiger partial charge is 0.404 e. The van der Waals surface area contributed by atoms with Crippen molar-refractivity contribution >= 4 is 40.9 Å². The second kappa shape index (κ2) is 5.78. The van der Waals surface area contributed by atoms with Crippen molar-refractivity contribution in [3.05, 3.63) is 34.9 Å². The fourth-order valence-electron chi connectivity index (χ4n) is 1.17. The maximum Gasteiger partial charge on any atom is 0.404 e. The Labute approximate surface area is 113 Å². The first-order valence-electron chi connectivity index (χ1n) is 4.57. The summed E-state index contributed by atoms with van der Waals surface area (Å²) >= 11 is 17.6. The molecule has 17 heavy (non-hydrogen) atoms. The third-order valence-electron chi connectivity index (χ3n) is 2.01. The number of carbonyl (C=O) groups excluding carboxylic acids is 1. The number of aliphatic hydroxyl groups is 1. The Bertz CT molecular complexity index is 412. The van der Waals surface area contributed by atoms with Gasteiger partial charge in [-0.2, -0.15) is 0 Å². The van der Waals surface area contributed by atoms with Gasteiger partial charge in [-0.25, -0.2) is 4.79 Å². The monoisotopic (exact) mass is 297 g/mol. The lowest BCUT2D eigenvalue weighted by atomic mass is 10.1. The van der Waals surface area contributed by atoms with Gasteiger partial charge in [0.25, 0.3) is 0 Å². The van der Waals surface area contributed by atoms with Gasteiger partial charge in [-0.15, -0.1) is 0 Å². The summed E-state index contributed by atoms with van der Waals surface area (Å²) in [7, 11) is 0. The van der Waals surface area contributed by atoms with E-state index in [1.807, 2.05) is 0 Å². The molecule has 0 heterocycles. The molecule has 0 bridgehead atoms. The lowest BCUT2D eigenvalue weighted by Gasteiger charge is -2.25. The second-order valence-electron chi connectivity index (χ2n) is 3.29. The summed E-state index contributed by atoms with van der Waals surface area (Å²) in [5, 5.41) is 10.3. The van der Waals surface area contributed by atoms with Crippen LogP contribution in [0.4, 0.5) is 4.79 Å². The van der Waals surface area contributed by atoms with Crippen molar-refractivity contribution in [2.45, 2.75) is 10.4 Å². The van der Waals surface area contributed by atoms with Gasteiger partial charge in [-0.05, 0) is 6.07 Å². The number of amides is 1. The highest BCUT2D eigenvalue weighted by Crippen LogP contribution is 2.38. The van der Waals surface area contributed by atoms with Gasteiger partial charge < -0.3 is 15.6 Å². The Kier molecular flexibility index (Phi) is 4.89. The molecule has 0 saturated carbocycles. The van der Waals surface area contributed by atoms with Crippen LogP contribution in [0.5, 0.6) is 0 Å². The van der Waals surface area contributed by atoms with Gasteiger partial charge in [-0.1, -0.05) is 53.0 Å². The first-order chi connectivity index (χ1) is 7.84. The Morgan fingerprint density at radius 2 is 2.06 bits per heavy atom. The molecule has 0 spiro atoms. The fraction of sp³-hybridized carbons (Fsp3) is 0.300. The highest BCUT2D eigenvalue weighted by molar-refractivity contribution is 6.49. The average Bonchev–Trinajstić information content (AvgIpc) is 2.26. The summed E-state index contributed by atoms with van der Waals surface area (Å²) in [6, 6.07) is 6.52. The van der Waals surface area contributed by atoms with E-state index < -0.39 is 23.1 Å². The molecule has 7 heteroatoms. The number of ether oxygens (including phenoxy) is 1. The number of carbonyl (C=O) groups is 1. The fourth-order valence-corrected chi connectivity index (χ4v) is 1.75. The van der Waals surface area contributed by atoms with Crippen LogP contribution >= 0.6 is 34.8 Å². The first-order valence-corrected chi connectivity index (χ1v) is 5.70. The Morgan fingerprint density at radius 3 is 2.59 bits per heavy atom. The molecule has 0 aliphatic heterocycles. The Balaban J connectivity index is 2.84. The molecule has 1 atom stereocenters. The number of aliphatic hydroxyl groups excluding tert-OH is 1. The molecule has 0 aliphatic rings. The summed E-state index contributed by atoms with van der Waals surface area (Å²) < 4.78 is 2.74. The third kappa shape index (κ3) is 3.92. The van der Waals surface area contributed by atoms with Crippen molar-refractivity contribution in [2.24, 2.45) is 5.73 Å². The molecule has 1 aromatic carbocycles. The van der Waals surface area contributed by atoms with E-state index in [0.29, 0.717) is 10.6 Å². The maximum absolute atomic E-state index is 10.4. The van der Waals surface area contributed by atoms with Crippen LogP contribution in [-0.4, -0.2) is 22.1 Å². The van der Waals surface area contributed by atoms with Gasteiger partial charge in [0.15, 0.2) is 4.33 Å². The molecule has 0 saturated heterocycles. The van der Waals surface area contributed by atoms with E-state index in [1.54, 1.807) is 24.3 Å². The van der Waals surface area contributed by atoms with Crippen LogP contribution in [0.2, 0.25) is 5.02 Å². The summed E-state index contributed by atoms with van der Waals surface area (Å²) in [6.07, 6.45) is -2.33. The molecule has 1 unspecified atom stereocenters. The molecule has 0 radical (unpaired) electrons. The van der Waals surface area contributed by atoms with Crippen LogP contribution in [0.25, 0.3) is 0 Å². The molecular formula is C10H10Cl3NO3. The zero-order valence-electron chi connectivity index (χ0n) is 8.57. The van der Waals surface area contributed by atoms with E-state index in [2.05, 4.69) is 4.74 Å². The van der Waals surface area contributed by atoms with Crippen molar-refractivity contribution in [1.82, 2.24) is 0 Å². The van der Waals surface area contributed by atoms with Crippen molar-refractivity contribution in [3.63, 3.8) is 0 Å². The molecule has 0 aromatic heterocycles. The minimum atomic E-state index is -1.72. The maximum atomic E-state index is 10.4. The van der Waals surface area contributed by atoms with Crippen LogP contribution in [0.1, 0.15) is 11.7 Å². The van der Waals surface area contributed by atoms with E-state index in [-0.39, 0.29) is 0 Å². The number of hydrogen-bond donors (Lipinski definition) is 2. The van der Waals surface area contributed by atoms with Crippen LogP contribution < -0.4 is 5.73 Å². The predicted octanol–water partition coefficient (Wildman–Crippen LogP) is 2.64. The van der Waals surface area contributed by atoms with Gasteiger partial charge in [0.2, 0.25) is 0 Å². The predicted molar refractivity (Wildman–Crippen MR) is 66.4 cm³/mol. The van der Waals surface area contributed by atoms with Gasteiger partial charge in [0, 0.05) is 10.6 Å². The summed E-state index contributed by atoms with van der Waals surface area (Å²) in [4.78, 5) is 10.4. The molecule has 4 nitrogen and oxygen atoms in total. The Hall–Kier alpha value is -0.680. The first kappa shape index (κ1) is 14.4. The van der Waals surface area contributed by atoms with E-state index in [1.165, 1.54) is 0 Å². The van der Waals surface area contributed by atoms with Crippen LogP contribution in [0, 0.1) is 0 Å². The minimum Gasteiger partial charge on any atom is -0.446 e. The quantitative estimate of drug-likeness (QED) is 0.839. The van der Waals surface area contributed by atoms with Crippen molar-refractivity contribution in [1.29, 1.82) is 0 Å². The molecule has 0 aliphatic carbocycles. The zero-order chi connectivity index (χ0) is 13.1. The third-order valence-corrected chi connectivity index (χ3v) is 2.98. The standard InChI is InChI=1S/C10H10Cl3NO3/c11-7-4-2-1-3-6(7)8(15)10(12,13)5-17-9(14)16/h1-4,8,15H,5H2,(H2,14,16). The number of hydrogen-bond acceptors (Lipinski definition) is 3. The molecule has 1 amide bonds. The van der Waals surface area contributed by atoms with Gasteiger partial charge >= 0.3 is 6.09 Å². The van der Waals surface area contributed by atoms with E-state index in [0.717, 1.165) is 0 Å². The number of benzene rings is 1. The number of rotatable bonds is 4. The van der Waals surface area contributed by atoms with Crippen molar-refractivity contribution in [2.75, 3.05) is 6.61 Å². The SMILES string of the molecule is NC(=O)OCC(Cl)(Cl)C(O)c1ccccc1Cl. The molecule has 3 N–H and O–H groups in total. The van der Waals surface area contributed by atoms with E-state index in [9.17, 15) is 9.90 Å². The minimum absolute atomic E-state index is 0.310. The van der Waals surface area contributed by atoms with Crippen LogP contribution in [-0.2, 0) is 4.74 Å². The van der Waals surface area contributed by atoms with Crippen LogP contribution in [0.3, 0.4) is 0 Å². The highest BCUT2D eigenvalue weighted by atomic mass is 35.5. The van der Waals surface area contributed by atoms with E-state index >= 15 is 0 Å². The van der Waals surface area contributed by atoms with Gasteiger partial charge in [0.1, 0.15) is 12.7 Å². The number of halogens is 3. The molecule has 0 fully saturated rings. The molecular weight excluding hydrogens is 288 g/mol. The Morgan fingerprint density at radius 1 is 1.47 bits per heavy atom. The zero-order valence-corrected chi connectivity index (χ0v) is 10.8. The average molecular weight is 299 g/mol. The lowest BCUT2D eigenvalue weighted by Crippen LogP contribution is -2.32. The molecule has 94 valence electrons. The number of primary amides is 1. The largest absolute Gasteiger partial charge is 0.446 e. The summed E-state index contributed by atoms with van der Waals surface area (Å²) in [5.74, 6) is 0.